The Hall–Kier alpha value is -2.81. The van der Waals surface area contributed by atoms with Gasteiger partial charge in [-0.2, -0.15) is 0 Å². The van der Waals surface area contributed by atoms with Gasteiger partial charge in [-0.3, -0.25) is 19.5 Å². The summed E-state index contributed by atoms with van der Waals surface area (Å²) < 4.78 is 0. The number of hydrogen-bond donors (Lipinski definition) is 2. The third kappa shape index (κ3) is 2.94. The molecule has 1 aliphatic heterocycles. The van der Waals surface area contributed by atoms with Gasteiger partial charge >= 0.3 is 6.03 Å². The van der Waals surface area contributed by atoms with E-state index in [2.05, 4.69) is 20.6 Å². The zero-order valence-electron chi connectivity index (χ0n) is 13.9. The van der Waals surface area contributed by atoms with Gasteiger partial charge in [0.1, 0.15) is 12.1 Å². The van der Waals surface area contributed by atoms with Crippen LogP contribution in [0.2, 0.25) is 0 Å². The number of thiazole rings is 1. The van der Waals surface area contributed by atoms with Crippen LogP contribution < -0.4 is 10.6 Å². The number of aromatic nitrogens is 2. The van der Waals surface area contributed by atoms with Crippen LogP contribution in [0.3, 0.4) is 0 Å². The summed E-state index contributed by atoms with van der Waals surface area (Å²) in [5.41, 5.74) is 0.828. The number of anilines is 1. The van der Waals surface area contributed by atoms with E-state index in [0.717, 1.165) is 29.0 Å². The number of hydrogen-bond acceptors (Lipinski definition) is 6. The number of nitrogens with zero attached hydrogens (tertiary/aromatic N) is 3. The fraction of sp³-hybridized carbons (Fsp3) is 0.353. The molecule has 1 aliphatic carbocycles. The van der Waals surface area contributed by atoms with Gasteiger partial charge in [-0.15, -0.1) is 11.3 Å². The Labute approximate surface area is 153 Å². The summed E-state index contributed by atoms with van der Waals surface area (Å²) in [4.78, 5) is 46.3. The number of nitrogens with one attached hydrogen (secondary N) is 2. The molecule has 4 rings (SSSR count). The standard InChI is InChI=1S/C17H17N5O3S/c23-13(9-22-14(24)17(21-16(22)25)5-1-2-6-17)20-15-19-12(10-26-15)11-3-7-18-8-4-11/h3-4,7-8,10H,1-2,5-6,9H2,(H,21,25)(H,19,20,23). The van der Waals surface area contributed by atoms with Crippen LogP contribution in [0, 0.1) is 0 Å². The lowest BCUT2D eigenvalue weighted by molar-refractivity contribution is -0.133. The molecule has 1 saturated carbocycles. The van der Waals surface area contributed by atoms with Gasteiger partial charge in [-0.1, -0.05) is 12.8 Å². The van der Waals surface area contributed by atoms with Crippen molar-refractivity contribution in [2.24, 2.45) is 0 Å². The number of pyridine rings is 1. The van der Waals surface area contributed by atoms with Crippen molar-refractivity contribution < 1.29 is 14.4 Å². The van der Waals surface area contributed by atoms with E-state index >= 15 is 0 Å². The smallest absolute Gasteiger partial charge is 0.323 e. The second-order valence-corrected chi connectivity index (χ2v) is 7.29. The molecule has 2 aliphatic rings. The van der Waals surface area contributed by atoms with Crippen molar-refractivity contribution in [2.45, 2.75) is 31.2 Å². The van der Waals surface area contributed by atoms with E-state index in [1.165, 1.54) is 11.3 Å². The summed E-state index contributed by atoms with van der Waals surface area (Å²) in [7, 11) is 0. The molecule has 0 unspecified atom stereocenters. The normalized spacial score (nSPS) is 18.4. The maximum Gasteiger partial charge on any atom is 0.325 e. The molecule has 2 fully saturated rings. The summed E-state index contributed by atoms with van der Waals surface area (Å²) in [5, 5.41) is 7.67. The summed E-state index contributed by atoms with van der Waals surface area (Å²) in [6.45, 7) is -0.309. The van der Waals surface area contributed by atoms with E-state index in [1.807, 2.05) is 17.5 Å². The van der Waals surface area contributed by atoms with Crippen LogP contribution in [0.4, 0.5) is 9.93 Å². The van der Waals surface area contributed by atoms with Gasteiger partial charge in [0, 0.05) is 23.3 Å². The lowest BCUT2D eigenvalue weighted by atomic mass is 9.98. The lowest BCUT2D eigenvalue weighted by Gasteiger charge is -2.19. The van der Waals surface area contributed by atoms with Crippen molar-refractivity contribution in [3.63, 3.8) is 0 Å². The van der Waals surface area contributed by atoms with Gasteiger partial charge in [0.15, 0.2) is 5.13 Å². The molecule has 1 saturated heterocycles. The third-order valence-electron chi connectivity index (χ3n) is 4.73. The second kappa shape index (κ2) is 6.49. The van der Waals surface area contributed by atoms with E-state index in [1.54, 1.807) is 12.4 Å². The van der Waals surface area contributed by atoms with Crippen LogP contribution in [-0.4, -0.2) is 44.8 Å². The van der Waals surface area contributed by atoms with Crippen molar-refractivity contribution in [1.82, 2.24) is 20.2 Å². The predicted molar refractivity (Wildman–Crippen MR) is 95.4 cm³/mol. The Morgan fingerprint density at radius 1 is 1.27 bits per heavy atom. The summed E-state index contributed by atoms with van der Waals surface area (Å²) >= 11 is 1.28. The first-order valence-corrected chi connectivity index (χ1v) is 9.25. The Morgan fingerprint density at radius 3 is 2.73 bits per heavy atom. The minimum absolute atomic E-state index is 0.299. The Kier molecular flexibility index (Phi) is 4.15. The SMILES string of the molecule is O=C(CN1C(=O)NC2(CCCC2)C1=O)Nc1nc(-c2ccncc2)cs1. The molecular weight excluding hydrogens is 354 g/mol. The Bertz CT molecular complexity index is 860. The molecule has 4 amide bonds. The maximum atomic E-state index is 12.6. The topological polar surface area (TPSA) is 104 Å². The molecule has 26 heavy (non-hydrogen) atoms. The highest BCUT2D eigenvalue weighted by atomic mass is 32.1. The third-order valence-corrected chi connectivity index (χ3v) is 5.49. The molecule has 134 valence electrons. The first-order chi connectivity index (χ1) is 12.6. The van der Waals surface area contributed by atoms with Gasteiger partial charge < -0.3 is 10.6 Å². The van der Waals surface area contributed by atoms with E-state index in [0.29, 0.717) is 18.0 Å². The zero-order chi connectivity index (χ0) is 18.1. The number of carbonyl (C=O) groups excluding carboxylic acids is 3. The van der Waals surface area contributed by atoms with Crippen LogP contribution in [0.15, 0.2) is 29.9 Å². The van der Waals surface area contributed by atoms with Gasteiger partial charge in [-0.25, -0.2) is 9.78 Å². The molecule has 9 heteroatoms. The van der Waals surface area contributed by atoms with Crippen molar-refractivity contribution in [1.29, 1.82) is 0 Å². The van der Waals surface area contributed by atoms with Gasteiger partial charge in [0.2, 0.25) is 5.91 Å². The molecule has 2 N–H and O–H groups in total. The zero-order valence-corrected chi connectivity index (χ0v) is 14.7. The molecule has 8 nitrogen and oxygen atoms in total. The molecule has 2 aromatic rings. The molecule has 0 bridgehead atoms. The Balaban J connectivity index is 1.41. The first kappa shape index (κ1) is 16.6. The van der Waals surface area contributed by atoms with E-state index < -0.39 is 17.5 Å². The summed E-state index contributed by atoms with van der Waals surface area (Å²) in [5.74, 6) is -0.745. The molecule has 2 aromatic heterocycles. The minimum atomic E-state index is -0.799. The van der Waals surface area contributed by atoms with Crippen LogP contribution in [-0.2, 0) is 9.59 Å². The maximum absolute atomic E-state index is 12.6. The predicted octanol–water partition coefficient (Wildman–Crippen LogP) is 2.01. The number of urea groups is 1. The highest BCUT2D eigenvalue weighted by Crippen LogP contribution is 2.35. The van der Waals surface area contributed by atoms with Crippen LogP contribution in [0.25, 0.3) is 11.3 Å². The lowest BCUT2D eigenvalue weighted by Crippen LogP contribution is -2.44. The van der Waals surface area contributed by atoms with E-state index in [9.17, 15) is 14.4 Å². The molecule has 0 radical (unpaired) electrons. The first-order valence-electron chi connectivity index (χ1n) is 8.37. The van der Waals surface area contributed by atoms with Crippen LogP contribution >= 0.6 is 11.3 Å². The highest BCUT2D eigenvalue weighted by Gasteiger charge is 2.52. The van der Waals surface area contributed by atoms with E-state index in [-0.39, 0.29) is 12.5 Å². The largest absolute Gasteiger partial charge is 0.325 e. The van der Waals surface area contributed by atoms with Crippen LogP contribution in [0.1, 0.15) is 25.7 Å². The minimum Gasteiger partial charge on any atom is -0.323 e. The molecule has 0 atom stereocenters. The number of imide groups is 1. The fourth-order valence-corrected chi connectivity index (χ4v) is 4.16. The monoisotopic (exact) mass is 371 g/mol. The van der Waals surface area contributed by atoms with Crippen molar-refractivity contribution >= 4 is 34.3 Å². The summed E-state index contributed by atoms with van der Waals surface area (Å²) in [6, 6.07) is 3.16. The Morgan fingerprint density at radius 2 is 2.00 bits per heavy atom. The van der Waals surface area contributed by atoms with Crippen molar-refractivity contribution in [2.75, 3.05) is 11.9 Å². The highest BCUT2D eigenvalue weighted by molar-refractivity contribution is 7.14. The quantitative estimate of drug-likeness (QED) is 0.800. The average molecular weight is 371 g/mol. The van der Waals surface area contributed by atoms with E-state index in [4.69, 9.17) is 0 Å². The van der Waals surface area contributed by atoms with Gasteiger partial charge in [0.05, 0.1) is 5.69 Å². The number of rotatable bonds is 4. The van der Waals surface area contributed by atoms with Crippen molar-refractivity contribution in [3.05, 3.63) is 29.9 Å². The molecule has 1 spiro atoms. The summed E-state index contributed by atoms with van der Waals surface area (Å²) in [6.07, 6.45) is 6.42. The van der Waals surface area contributed by atoms with Crippen LogP contribution in [0.5, 0.6) is 0 Å². The fourth-order valence-electron chi connectivity index (χ4n) is 3.43. The second-order valence-electron chi connectivity index (χ2n) is 6.43. The number of carbonyl (C=O) groups is 3. The molecule has 3 heterocycles. The molecule has 0 aromatic carbocycles. The van der Waals surface area contributed by atoms with Gasteiger partial charge in [-0.05, 0) is 25.0 Å². The molecular formula is C17H17N5O3S. The average Bonchev–Trinajstić information content (AvgIpc) is 3.34. The van der Waals surface area contributed by atoms with Gasteiger partial charge in [0.25, 0.3) is 5.91 Å². The number of amides is 4. The van der Waals surface area contributed by atoms with Crippen molar-refractivity contribution in [3.8, 4) is 11.3 Å².